The molecular formula is C23H32O4. The number of fused-ring (bicyclic) bond motifs is 1. The number of hydrogen-bond donors (Lipinski definition) is 2. The largest absolute Gasteiger partial charge is 0.508 e. The molecule has 0 aliphatic heterocycles. The third-order valence-electron chi connectivity index (χ3n) is 7.18. The lowest BCUT2D eigenvalue weighted by atomic mass is 9.48. The van der Waals surface area contributed by atoms with Crippen LogP contribution in [0.3, 0.4) is 0 Å². The number of benzene rings is 1. The van der Waals surface area contributed by atoms with E-state index in [9.17, 15) is 15.0 Å². The van der Waals surface area contributed by atoms with Gasteiger partial charge < -0.3 is 14.9 Å². The molecule has 0 aromatic heterocycles. The third kappa shape index (κ3) is 3.46. The van der Waals surface area contributed by atoms with Gasteiger partial charge >= 0.3 is 5.97 Å². The number of phenolic OH excluding ortho intramolecular Hbond substituents is 2. The van der Waals surface area contributed by atoms with E-state index in [2.05, 4.69) is 33.8 Å². The molecule has 2 aliphatic rings. The minimum absolute atomic E-state index is 0.0528. The van der Waals surface area contributed by atoms with Gasteiger partial charge in [0.2, 0.25) is 0 Å². The average Bonchev–Trinajstić information content (AvgIpc) is 2.55. The Labute approximate surface area is 162 Å². The van der Waals surface area contributed by atoms with Gasteiger partial charge in [0.15, 0.2) is 11.5 Å². The van der Waals surface area contributed by atoms with E-state index in [4.69, 9.17) is 4.74 Å². The number of hydrogen-bond acceptors (Lipinski definition) is 4. The molecule has 1 aromatic carbocycles. The first-order valence-electron chi connectivity index (χ1n) is 9.95. The second-order valence-electron chi connectivity index (χ2n) is 9.34. The molecule has 4 heteroatoms. The molecule has 2 N–H and O–H groups in total. The number of phenols is 2. The molecule has 1 saturated carbocycles. The summed E-state index contributed by atoms with van der Waals surface area (Å²) in [7, 11) is 0. The van der Waals surface area contributed by atoms with E-state index in [1.807, 2.05) is 0 Å². The molecule has 4 nitrogen and oxygen atoms in total. The highest BCUT2D eigenvalue weighted by atomic mass is 16.5. The maximum atomic E-state index is 11.3. The van der Waals surface area contributed by atoms with Crippen LogP contribution in [0.4, 0.5) is 0 Å². The molecule has 0 bridgehead atoms. The Hall–Kier alpha value is -1.97. The van der Waals surface area contributed by atoms with Crippen molar-refractivity contribution < 1.29 is 19.7 Å². The van der Waals surface area contributed by atoms with Crippen LogP contribution in [0.25, 0.3) is 0 Å². The molecule has 0 unspecified atom stereocenters. The second kappa shape index (κ2) is 6.88. The van der Waals surface area contributed by atoms with Crippen LogP contribution in [0.2, 0.25) is 0 Å². The summed E-state index contributed by atoms with van der Waals surface area (Å²) < 4.78 is 5.11. The molecule has 2 aliphatic carbocycles. The lowest BCUT2D eigenvalue weighted by molar-refractivity contribution is -0.132. The van der Waals surface area contributed by atoms with Crippen LogP contribution < -0.4 is 4.74 Å². The summed E-state index contributed by atoms with van der Waals surface area (Å²) in [6.45, 7) is 10.6. The molecular weight excluding hydrogens is 340 g/mol. The normalized spacial score (nSPS) is 29.6. The Morgan fingerprint density at radius 2 is 1.93 bits per heavy atom. The summed E-state index contributed by atoms with van der Waals surface area (Å²) in [5.74, 6) is 0.361. The zero-order chi connectivity index (χ0) is 20.0. The molecule has 3 atom stereocenters. The summed E-state index contributed by atoms with van der Waals surface area (Å²) in [4.78, 5) is 11.3. The van der Waals surface area contributed by atoms with Gasteiger partial charge in [0.25, 0.3) is 0 Å². The summed E-state index contributed by atoms with van der Waals surface area (Å²) in [6, 6.07) is 2.94. The molecule has 0 amide bonds. The minimum atomic E-state index is -0.489. The molecule has 1 fully saturated rings. The fourth-order valence-corrected chi connectivity index (χ4v) is 5.78. The average molecular weight is 373 g/mol. The zero-order valence-electron chi connectivity index (χ0n) is 17.1. The quantitative estimate of drug-likeness (QED) is 0.425. The van der Waals surface area contributed by atoms with Gasteiger partial charge in [-0.05, 0) is 67.4 Å². The molecule has 0 radical (unpaired) electrons. The van der Waals surface area contributed by atoms with E-state index in [0.29, 0.717) is 17.9 Å². The van der Waals surface area contributed by atoms with Crippen LogP contribution in [-0.4, -0.2) is 16.2 Å². The molecule has 1 aromatic rings. The van der Waals surface area contributed by atoms with E-state index < -0.39 is 5.97 Å². The molecule has 0 spiro atoms. The Balaban J connectivity index is 2.00. The number of aromatic hydroxyl groups is 2. The van der Waals surface area contributed by atoms with E-state index in [-0.39, 0.29) is 34.0 Å². The number of rotatable bonds is 3. The highest BCUT2D eigenvalue weighted by Gasteiger charge is 2.51. The predicted octanol–water partition coefficient (Wildman–Crippen LogP) is 5.36. The summed E-state index contributed by atoms with van der Waals surface area (Å²) in [6.07, 6.45) is 7.58. The van der Waals surface area contributed by atoms with Gasteiger partial charge in [-0.3, -0.25) is 4.79 Å². The number of carbonyl (C=O) groups is 1. The summed E-state index contributed by atoms with van der Waals surface area (Å²) in [5.41, 5.74) is 2.20. The smallest absolute Gasteiger partial charge is 0.308 e. The zero-order valence-corrected chi connectivity index (χ0v) is 17.1. The van der Waals surface area contributed by atoms with Crippen LogP contribution in [0.1, 0.15) is 65.9 Å². The molecule has 148 valence electrons. The number of ether oxygens (including phenoxy) is 1. The monoisotopic (exact) mass is 372 g/mol. The maximum absolute atomic E-state index is 11.3. The molecule has 27 heavy (non-hydrogen) atoms. The van der Waals surface area contributed by atoms with Crippen molar-refractivity contribution >= 4 is 5.97 Å². The second-order valence-corrected chi connectivity index (χ2v) is 9.34. The van der Waals surface area contributed by atoms with Gasteiger partial charge in [-0.1, -0.05) is 38.8 Å². The van der Waals surface area contributed by atoms with Crippen LogP contribution in [0.15, 0.2) is 23.8 Å². The Kier molecular flexibility index (Phi) is 5.04. The first-order valence-corrected chi connectivity index (χ1v) is 9.95. The van der Waals surface area contributed by atoms with Crippen molar-refractivity contribution in [1.82, 2.24) is 0 Å². The fourth-order valence-electron chi connectivity index (χ4n) is 5.78. The van der Waals surface area contributed by atoms with Crippen LogP contribution >= 0.6 is 0 Å². The van der Waals surface area contributed by atoms with E-state index >= 15 is 0 Å². The molecule has 3 rings (SSSR count). The van der Waals surface area contributed by atoms with Crippen molar-refractivity contribution in [3.8, 4) is 17.2 Å². The first kappa shape index (κ1) is 19.8. The molecule has 0 heterocycles. The summed E-state index contributed by atoms with van der Waals surface area (Å²) >= 11 is 0. The standard InChI is InChI=1S/C23H32O4/c1-14-7-10-20-22(3,4)11-6-12-23(20,5)17(14)13-16-18(25)8-9-19(21(16)26)27-15(2)24/h7-9,17,20,25-26H,6,10-13H2,1-5H3/t17-,20-,23+/m0/s1. The third-order valence-corrected chi connectivity index (χ3v) is 7.18. The predicted molar refractivity (Wildman–Crippen MR) is 106 cm³/mol. The molecule has 0 saturated heterocycles. The van der Waals surface area contributed by atoms with Gasteiger partial charge in [-0.2, -0.15) is 0 Å². The van der Waals surface area contributed by atoms with Crippen molar-refractivity contribution in [2.75, 3.05) is 0 Å². The highest BCUT2D eigenvalue weighted by molar-refractivity contribution is 5.71. The lowest BCUT2D eigenvalue weighted by Crippen LogP contribution is -2.49. The Morgan fingerprint density at radius 3 is 2.59 bits per heavy atom. The number of esters is 1. The maximum Gasteiger partial charge on any atom is 0.308 e. The number of carbonyl (C=O) groups excluding carboxylic acids is 1. The van der Waals surface area contributed by atoms with Gasteiger partial charge in [0.05, 0.1) is 0 Å². The van der Waals surface area contributed by atoms with Crippen molar-refractivity contribution in [3.63, 3.8) is 0 Å². The van der Waals surface area contributed by atoms with Crippen LogP contribution in [0, 0.1) is 22.7 Å². The topological polar surface area (TPSA) is 66.8 Å². The van der Waals surface area contributed by atoms with Crippen LogP contribution in [-0.2, 0) is 11.2 Å². The van der Waals surface area contributed by atoms with Gasteiger partial charge in [0, 0.05) is 12.5 Å². The highest BCUT2D eigenvalue weighted by Crippen LogP contribution is 2.60. The van der Waals surface area contributed by atoms with E-state index in [1.54, 1.807) is 0 Å². The SMILES string of the molecule is CC(=O)Oc1ccc(O)c(C[C@H]2C(C)=CC[C@H]3C(C)(C)CCC[C@]23C)c1O. The Bertz CT molecular complexity index is 777. The van der Waals surface area contributed by atoms with E-state index in [0.717, 1.165) is 12.8 Å². The number of allylic oxidation sites excluding steroid dienone is 2. The Morgan fingerprint density at radius 1 is 1.22 bits per heavy atom. The minimum Gasteiger partial charge on any atom is -0.508 e. The fraction of sp³-hybridized carbons (Fsp3) is 0.609. The van der Waals surface area contributed by atoms with Crippen molar-refractivity contribution in [3.05, 3.63) is 29.3 Å². The van der Waals surface area contributed by atoms with Crippen molar-refractivity contribution in [1.29, 1.82) is 0 Å². The van der Waals surface area contributed by atoms with Gasteiger partial charge in [-0.15, -0.1) is 0 Å². The van der Waals surface area contributed by atoms with Gasteiger partial charge in [-0.25, -0.2) is 0 Å². The van der Waals surface area contributed by atoms with Crippen molar-refractivity contribution in [2.45, 2.75) is 66.7 Å². The first-order chi connectivity index (χ1) is 12.6. The van der Waals surface area contributed by atoms with Crippen LogP contribution in [0.5, 0.6) is 17.2 Å². The van der Waals surface area contributed by atoms with E-state index in [1.165, 1.54) is 37.5 Å². The van der Waals surface area contributed by atoms with Crippen molar-refractivity contribution in [2.24, 2.45) is 22.7 Å². The lowest BCUT2D eigenvalue weighted by Gasteiger charge is -2.57. The van der Waals surface area contributed by atoms with Gasteiger partial charge in [0.1, 0.15) is 5.75 Å². The summed E-state index contributed by atoms with van der Waals surface area (Å²) in [5, 5.41) is 21.1.